The Bertz CT molecular complexity index is 802. The summed E-state index contributed by atoms with van der Waals surface area (Å²) >= 11 is 5.73. The number of halogens is 2. The summed E-state index contributed by atoms with van der Waals surface area (Å²) < 4.78 is 17.7. The molecule has 2 aromatic carbocycles. The monoisotopic (exact) mass is 332 g/mol. The molecule has 1 amide bonds. The topological polar surface area (TPSA) is 79.2 Å². The molecule has 0 unspecified atom stereocenters. The van der Waals surface area contributed by atoms with Gasteiger partial charge in [-0.3, -0.25) is 4.79 Å². The normalized spacial score (nSPS) is 9.78. The SMILES string of the molecule is N#Cc1cccc(NC(=O)COC(=O)c2ccc(F)cc2Cl)c1. The lowest BCUT2D eigenvalue weighted by Gasteiger charge is -2.07. The number of nitrogens with zero attached hydrogens (tertiary/aromatic N) is 1. The Morgan fingerprint density at radius 3 is 2.74 bits per heavy atom. The fourth-order valence-corrected chi connectivity index (χ4v) is 1.97. The minimum Gasteiger partial charge on any atom is -0.452 e. The molecule has 23 heavy (non-hydrogen) atoms. The number of hydrogen-bond donors (Lipinski definition) is 1. The second-order valence-corrected chi connectivity index (χ2v) is 4.85. The van der Waals surface area contributed by atoms with Gasteiger partial charge >= 0.3 is 5.97 Å². The van der Waals surface area contributed by atoms with Crippen molar-refractivity contribution in [3.63, 3.8) is 0 Å². The van der Waals surface area contributed by atoms with Crippen LogP contribution in [0.3, 0.4) is 0 Å². The van der Waals surface area contributed by atoms with Gasteiger partial charge in [-0.25, -0.2) is 9.18 Å². The molecule has 0 bridgehead atoms. The highest BCUT2D eigenvalue weighted by Crippen LogP contribution is 2.18. The molecule has 0 aliphatic rings. The highest BCUT2D eigenvalue weighted by molar-refractivity contribution is 6.33. The summed E-state index contributed by atoms with van der Waals surface area (Å²) in [6.07, 6.45) is 0. The van der Waals surface area contributed by atoms with Crippen LogP contribution in [-0.4, -0.2) is 18.5 Å². The van der Waals surface area contributed by atoms with E-state index < -0.39 is 24.3 Å². The van der Waals surface area contributed by atoms with Gasteiger partial charge in [-0.15, -0.1) is 0 Å². The van der Waals surface area contributed by atoms with Crippen molar-refractivity contribution in [3.8, 4) is 6.07 Å². The Hall–Kier alpha value is -2.91. The van der Waals surface area contributed by atoms with Crippen LogP contribution < -0.4 is 5.32 Å². The van der Waals surface area contributed by atoms with E-state index in [4.69, 9.17) is 21.6 Å². The Balaban J connectivity index is 1.93. The largest absolute Gasteiger partial charge is 0.452 e. The molecule has 0 aliphatic heterocycles. The quantitative estimate of drug-likeness (QED) is 0.872. The molecule has 0 aliphatic carbocycles. The number of amides is 1. The van der Waals surface area contributed by atoms with Crippen molar-refractivity contribution in [2.24, 2.45) is 0 Å². The summed E-state index contributed by atoms with van der Waals surface area (Å²) in [4.78, 5) is 23.5. The second-order valence-electron chi connectivity index (χ2n) is 4.44. The van der Waals surface area contributed by atoms with Crippen molar-refractivity contribution < 1.29 is 18.7 Å². The molecule has 116 valence electrons. The van der Waals surface area contributed by atoms with Crippen molar-refractivity contribution in [1.29, 1.82) is 5.26 Å². The second kappa shape index (κ2) is 7.38. The molecular weight excluding hydrogens is 323 g/mol. The van der Waals surface area contributed by atoms with Crippen LogP contribution in [0.15, 0.2) is 42.5 Å². The fourth-order valence-electron chi connectivity index (χ4n) is 1.73. The summed E-state index contributed by atoms with van der Waals surface area (Å²) in [5.41, 5.74) is 0.759. The van der Waals surface area contributed by atoms with E-state index in [1.807, 2.05) is 6.07 Å². The Kier molecular flexibility index (Phi) is 5.28. The van der Waals surface area contributed by atoms with E-state index in [1.165, 1.54) is 12.1 Å². The maximum Gasteiger partial charge on any atom is 0.340 e. The summed E-state index contributed by atoms with van der Waals surface area (Å²) in [5.74, 6) is -2.00. The van der Waals surface area contributed by atoms with Crippen LogP contribution in [0.5, 0.6) is 0 Å². The van der Waals surface area contributed by atoms with Gasteiger partial charge in [0.2, 0.25) is 0 Å². The van der Waals surface area contributed by atoms with Crippen LogP contribution in [-0.2, 0) is 9.53 Å². The highest BCUT2D eigenvalue weighted by atomic mass is 35.5. The number of benzene rings is 2. The van der Waals surface area contributed by atoms with Gasteiger partial charge in [-0.1, -0.05) is 17.7 Å². The van der Waals surface area contributed by atoms with Gasteiger partial charge in [0.25, 0.3) is 5.91 Å². The lowest BCUT2D eigenvalue weighted by Crippen LogP contribution is -2.21. The van der Waals surface area contributed by atoms with E-state index in [0.717, 1.165) is 12.1 Å². The molecule has 0 spiro atoms. The van der Waals surface area contributed by atoms with Gasteiger partial charge in [0.15, 0.2) is 6.61 Å². The maximum atomic E-state index is 12.9. The Labute approximate surface area is 136 Å². The first-order valence-electron chi connectivity index (χ1n) is 6.42. The summed E-state index contributed by atoms with van der Waals surface area (Å²) in [6.45, 7) is -0.538. The fraction of sp³-hybridized carbons (Fsp3) is 0.0625. The predicted octanol–water partition coefficient (Wildman–Crippen LogP) is 3.15. The standard InChI is InChI=1S/C16H10ClFN2O3/c17-14-7-11(18)4-5-13(14)16(22)23-9-15(21)20-12-3-1-2-10(6-12)8-19/h1-7H,9H2,(H,20,21). The Morgan fingerprint density at radius 1 is 1.26 bits per heavy atom. The number of carbonyl (C=O) groups is 2. The number of anilines is 1. The Morgan fingerprint density at radius 2 is 2.04 bits per heavy atom. The smallest absolute Gasteiger partial charge is 0.340 e. The average Bonchev–Trinajstić information content (AvgIpc) is 2.53. The van der Waals surface area contributed by atoms with Gasteiger partial charge in [-0.2, -0.15) is 5.26 Å². The number of nitriles is 1. The molecule has 0 aromatic heterocycles. The zero-order valence-electron chi connectivity index (χ0n) is 11.7. The molecule has 0 saturated heterocycles. The summed E-state index contributed by atoms with van der Waals surface area (Å²) in [5, 5.41) is 11.2. The van der Waals surface area contributed by atoms with Crippen LogP contribution in [0.25, 0.3) is 0 Å². The van der Waals surface area contributed by atoms with Crippen LogP contribution in [0.4, 0.5) is 10.1 Å². The van der Waals surface area contributed by atoms with E-state index in [0.29, 0.717) is 11.3 Å². The lowest BCUT2D eigenvalue weighted by molar-refractivity contribution is -0.119. The van der Waals surface area contributed by atoms with E-state index in [-0.39, 0.29) is 10.6 Å². The molecule has 0 fully saturated rings. The number of esters is 1. The van der Waals surface area contributed by atoms with Crippen molar-refractivity contribution in [2.45, 2.75) is 0 Å². The zero-order valence-corrected chi connectivity index (χ0v) is 12.4. The number of ether oxygens (including phenoxy) is 1. The maximum absolute atomic E-state index is 12.9. The van der Waals surface area contributed by atoms with Gasteiger partial charge in [0.1, 0.15) is 5.82 Å². The van der Waals surface area contributed by atoms with Crippen molar-refractivity contribution in [2.75, 3.05) is 11.9 Å². The van der Waals surface area contributed by atoms with E-state index >= 15 is 0 Å². The summed E-state index contributed by atoms with van der Waals surface area (Å²) in [6, 6.07) is 11.4. The van der Waals surface area contributed by atoms with Crippen LogP contribution in [0, 0.1) is 17.1 Å². The van der Waals surface area contributed by atoms with Crippen LogP contribution in [0.2, 0.25) is 5.02 Å². The van der Waals surface area contributed by atoms with Crippen molar-refractivity contribution in [1.82, 2.24) is 0 Å². The van der Waals surface area contributed by atoms with Crippen molar-refractivity contribution >= 4 is 29.2 Å². The first-order chi connectivity index (χ1) is 11.0. The van der Waals surface area contributed by atoms with Crippen molar-refractivity contribution in [3.05, 3.63) is 64.4 Å². The first-order valence-corrected chi connectivity index (χ1v) is 6.79. The molecule has 1 N–H and O–H groups in total. The minimum absolute atomic E-state index is 0.0349. The van der Waals surface area contributed by atoms with E-state index in [2.05, 4.69) is 5.32 Å². The van der Waals surface area contributed by atoms with Gasteiger partial charge in [-0.05, 0) is 36.4 Å². The molecule has 0 radical (unpaired) electrons. The number of hydrogen-bond acceptors (Lipinski definition) is 4. The van der Waals surface area contributed by atoms with E-state index in [1.54, 1.807) is 18.2 Å². The van der Waals surface area contributed by atoms with Crippen LogP contribution >= 0.6 is 11.6 Å². The molecule has 7 heteroatoms. The third kappa shape index (κ3) is 4.53. The van der Waals surface area contributed by atoms with Gasteiger partial charge in [0, 0.05) is 5.69 Å². The average molecular weight is 333 g/mol. The zero-order chi connectivity index (χ0) is 16.8. The third-order valence-corrected chi connectivity index (χ3v) is 3.07. The molecule has 2 rings (SSSR count). The molecule has 2 aromatic rings. The third-order valence-electron chi connectivity index (χ3n) is 2.76. The number of rotatable bonds is 4. The number of nitrogens with one attached hydrogen (secondary N) is 1. The predicted molar refractivity (Wildman–Crippen MR) is 81.5 cm³/mol. The van der Waals surface area contributed by atoms with Gasteiger partial charge in [0.05, 0.1) is 22.2 Å². The summed E-state index contributed by atoms with van der Waals surface area (Å²) in [7, 11) is 0. The molecule has 0 heterocycles. The van der Waals surface area contributed by atoms with Gasteiger partial charge < -0.3 is 10.1 Å². The molecule has 0 atom stereocenters. The molecule has 0 saturated carbocycles. The molecule has 5 nitrogen and oxygen atoms in total. The minimum atomic E-state index is -0.837. The first kappa shape index (κ1) is 16.5. The van der Waals surface area contributed by atoms with Crippen LogP contribution in [0.1, 0.15) is 15.9 Å². The lowest BCUT2D eigenvalue weighted by atomic mass is 10.2. The number of carbonyl (C=O) groups excluding carboxylic acids is 2. The van der Waals surface area contributed by atoms with E-state index in [9.17, 15) is 14.0 Å². The highest BCUT2D eigenvalue weighted by Gasteiger charge is 2.14. The molecular formula is C16H10ClFN2O3.